The molecule has 1 aromatic heterocycles. The largest absolute Gasteiger partial charge is 0.477 e. The Morgan fingerprint density at radius 2 is 2.10 bits per heavy atom. The summed E-state index contributed by atoms with van der Waals surface area (Å²) in [5.74, 6) is -1.21. The smallest absolute Gasteiger partial charge is 0.352 e. The molecule has 0 saturated carbocycles. The van der Waals surface area contributed by atoms with Gasteiger partial charge in [-0.25, -0.2) is 13.2 Å². The molecule has 0 unspecified atom stereocenters. The van der Waals surface area contributed by atoms with E-state index in [-0.39, 0.29) is 10.6 Å². The van der Waals surface area contributed by atoms with Gasteiger partial charge >= 0.3 is 5.97 Å². The van der Waals surface area contributed by atoms with Crippen LogP contribution in [0.1, 0.15) is 16.1 Å². The maximum atomic E-state index is 12.6. The number of aromatic amines is 1. The second kappa shape index (κ2) is 4.78. The summed E-state index contributed by atoms with van der Waals surface area (Å²) in [7, 11) is -3.80. The second-order valence-corrected chi connectivity index (χ2v) is 6.95. The third kappa shape index (κ3) is 2.28. The van der Waals surface area contributed by atoms with E-state index in [1.54, 1.807) is 18.2 Å². The topological polar surface area (TPSA) is 90.5 Å². The van der Waals surface area contributed by atoms with E-state index < -0.39 is 16.0 Å². The van der Waals surface area contributed by atoms with Crippen molar-refractivity contribution in [3.8, 4) is 0 Å². The van der Waals surface area contributed by atoms with E-state index in [4.69, 9.17) is 16.7 Å². The van der Waals surface area contributed by atoms with Crippen LogP contribution >= 0.6 is 11.6 Å². The minimum Gasteiger partial charge on any atom is -0.477 e. The number of hydrogen-bond donors (Lipinski definition) is 2. The lowest BCUT2D eigenvalue weighted by Crippen LogP contribution is -2.28. The molecule has 0 atom stereocenters. The molecule has 3 rings (SSSR count). The number of halogens is 1. The zero-order valence-corrected chi connectivity index (χ0v) is 12.3. The molecule has 8 heteroatoms. The van der Waals surface area contributed by atoms with Gasteiger partial charge in [0.15, 0.2) is 0 Å². The summed E-state index contributed by atoms with van der Waals surface area (Å²) in [6, 6.07) is 6.23. The van der Waals surface area contributed by atoms with E-state index in [2.05, 4.69) is 4.98 Å². The summed E-state index contributed by atoms with van der Waals surface area (Å²) in [4.78, 5) is 13.2. The van der Waals surface area contributed by atoms with Crippen molar-refractivity contribution in [1.82, 2.24) is 4.98 Å². The normalized spacial score (nSPS) is 14.2. The number of anilines is 1. The summed E-state index contributed by atoms with van der Waals surface area (Å²) in [5.41, 5.74) is 1.27. The van der Waals surface area contributed by atoms with Crippen LogP contribution in [0, 0.1) is 0 Å². The van der Waals surface area contributed by atoms with Crippen molar-refractivity contribution in [3.05, 3.63) is 46.7 Å². The van der Waals surface area contributed by atoms with E-state index in [0.717, 1.165) is 11.6 Å². The molecule has 0 saturated heterocycles. The molecule has 1 aromatic carbocycles. The Hall–Kier alpha value is -1.99. The van der Waals surface area contributed by atoms with Crippen LogP contribution < -0.4 is 4.31 Å². The number of sulfonamides is 1. The highest BCUT2D eigenvalue weighted by Gasteiger charge is 2.32. The number of carboxylic acid groups (broad SMARTS) is 1. The van der Waals surface area contributed by atoms with Crippen molar-refractivity contribution < 1.29 is 18.3 Å². The van der Waals surface area contributed by atoms with Crippen LogP contribution in [0.5, 0.6) is 0 Å². The number of benzene rings is 1. The third-order valence-corrected chi connectivity index (χ3v) is 5.40. The number of carbonyl (C=O) groups is 1. The Labute approximate surface area is 126 Å². The van der Waals surface area contributed by atoms with Gasteiger partial charge in [0, 0.05) is 17.8 Å². The minimum atomic E-state index is -3.80. The monoisotopic (exact) mass is 326 g/mol. The molecule has 0 radical (unpaired) electrons. The van der Waals surface area contributed by atoms with Crippen LogP contribution in [0.4, 0.5) is 5.69 Å². The van der Waals surface area contributed by atoms with Gasteiger partial charge in [-0.1, -0.05) is 17.7 Å². The van der Waals surface area contributed by atoms with Gasteiger partial charge in [0.1, 0.15) is 10.6 Å². The third-order valence-electron chi connectivity index (χ3n) is 3.38. The van der Waals surface area contributed by atoms with Gasteiger partial charge in [-0.3, -0.25) is 4.31 Å². The van der Waals surface area contributed by atoms with E-state index in [1.807, 2.05) is 0 Å². The molecule has 21 heavy (non-hydrogen) atoms. The Bertz CT molecular complexity index is 828. The summed E-state index contributed by atoms with van der Waals surface area (Å²) >= 11 is 5.93. The van der Waals surface area contributed by atoms with Crippen molar-refractivity contribution in [2.45, 2.75) is 11.3 Å². The highest BCUT2D eigenvalue weighted by molar-refractivity contribution is 7.92. The van der Waals surface area contributed by atoms with Crippen molar-refractivity contribution in [2.75, 3.05) is 10.8 Å². The maximum absolute atomic E-state index is 12.6. The van der Waals surface area contributed by atoms with Crippen LogP contribution in [0.15, 0.2) is 35.4 Å². The van der Waals surface area contributed by atoms with Crippen LogP contribution in [-0.2, 0) is 16.4 Å². The summed E-state index contributed by atoms with van der Waals surface area (Å²) in [5, 5.41) is 9.32. The SMILES string of the molecule is O=C(O)c1cc(S(=O)(=O)N2CCc3ccc(Cl)cc32)c[nH]1. The molecule has 1 aliphatic heterocycles. The highest BCUT2D eigenvalue weighted by Crippen LogP contribution is 2.34. The fourth-order valence-electron chi connectivity index (χ4n) is 2.35. The lowest BCUT2D eigenvalue weighted by molar-refractivity contribution is 0.0691. The summed E-state index contributed by atoms with van der Waals surface area (Å²) in [6.07, 6.45) is 1.78. The van der Waals surface area contributed by atoms with Crippen molar-refractivity contribution in [2.24, 2.45) is 0 Å². The average molecular weight is 327 g/mol. The van der Waals surface area contributed by atoms with Crippen LogP contribution in [0.2, 0.25) is 5.02 Å². The molecule has 0 fully saturated rings. The number of nitrogens with zero attached hydrogens (tertiary/aromatic N) is 1. The van der Waals surface area contributed by atoms with Gasteiger partial charge in [-0.05, 0) is 30.2 Å². The molecule has 1 aliphatic rings. The van der Waals surface area contributed by atoms with E-state index >= 15 is 0 Å². The molecule has 2 heterocycles. The number of H-pyrrole nitrogens is 1. The fourth-order valence-corrected chi connectivity index (χ4v) is 4.00. The van der Waals surface area contributed by atoms with Gasteiger partial charge in [-0.15, -0.1) is 0 Å². The molecule has 6 nitrogen and oxygen atoms in total. The fraction of sp³-hybridized carbons (Fsp3) is 0.154. The first kappa shape index (κ1) is 14.0. The first-order valence-electron chi connectivity index (χ1n) is 6.12. The molecular weight excluding hydrogens is 316 g/mol. The zero-order valence-electron chi connectivity index (χ0n) is 10.7. The van der Waals surface area contributed by atoms with Gasteiger partial charge in [-0.2, -0.15) is 0 Å². The molecule has 0 spiro atoms. The predicted octanol–water partition coefficient (Wildman–Crippen LogP) is 2.12. The minimum absolute atomic E-state index is 0.0762. The number of rotatable bonds is 3. The lowest BCUT2D eigenvalue weighted by Gasteiger charge is -2.18. The number of aromatic carboxylic acids is 1. The first-order chi connectivity index (χ1) is 9.89. The Balaban J connectivity index is 2.04. The predicted molar refractivity (Wildman–Crippen MR) is 77.4 cm³/mol. The summed E-state index contributed by atoms with van der Waals surface area (Å²) < 4.78 is 26.5. The number of carboxylic acids is 1. The van der Waals surface area contributed by atoms with Crippen molar-refractivity contribution >= 4 is 33.3 Å². The molecule has 110 valence electrons. The van der Waals surface area contributed by atoms with Gasteiger partial charge in [0.05, 0.1) is 5.69 Å². The molecule has 0 bridgehead atoms. The van der Waals surface area contributed by atoms with E-state index in [1.165, 1.54) is 10.5 Å². The first-order valence-corrected chi connectivity index (χ1v) is 7.94. The molecular formula is C13H11ClN2O4S. The molecule has 0 aliphatic carbocycles. The lowest BCUT2D eigenvalue weighted by atomic mass is 10.2. The van der Waals surface area contributed by atoms with Gasteiger partial charge in [0.25, 0.3) is 10.0 Å². The van der Waals surface area contributed by atoms with E-state index in [0.29, 0.717) is 23.7 Å². The Kier molecular flexibility index (Phi) is 3.18. The Morgan fingerprint density at radius 1 is 1.33 bits per heavy atom. The van der Waals surface area contributed by atoms with Gasteiger partial charge in [0.2, 0.25) is 0 Å². The number of hydrogen-bond acceptors (Lipinski definition) is 3. The second-order valence-electron chi connectivity index (χ2n) is 4.65. The van der Waals surface area contributed by atoms with Crippen LogP contribution in [0.3, 0.4) is 0 Å². The van der Waals surface area contributed by atoms with Crippen LogP contribution in [0.25, 0.3) is 0 Å². The maximum Gasteiger partial charge on any atom is 0.352 e. The quantitative estimate of drug-likeness (QED) is 0.904. The zero-order chi connectivity index (χ0) is 15.2. The van der Waals surface area contributed by atoms with Crippen molar-refractivity contribution in [1.29, 1.82) is 0 Å². The average Bonchev–Trinajstić information content (AvgIpc) is 3.05. The van der Waals surface area contributed by atoms with E-state index in [9.17, 15) is 13.2 Å². The van der Waals surface area contributed by atoms with Crippen LogP contribution in [-0.4, -0.2) is 31.0 Å². The number of nitrogens with one attached hydrogen (secondary N) is 1. The highest BCUT2D eigenvalue weighted by atomic mass is 35.5. The molecule has 0 amide bonds. The molecule has 2 N–H and O–H groups in total. The Morgan fingerprint density at radius 3 is 2.76 bits per heavy atom. The number of aromatic nitrogens is 1. The molecule has 2 aromatic rings. The number of fused-ring (bicyclic) bond motifs is 1. The summed E-state index contributed by atoms with van der Waals surface area (Å²) in [6.45, 7) is 0.311. The standard InChI is InChI=1S/C13H11ClN2O4S/c14-9-2-1-8-3-4-16(12(8)5-9)21(19,20)10-6-11(13(17)18)15-7-10/h1-2,5-7,15H,3-4H2,(H,17,18). The van der Waals surface area contributed by atoms with Crippen molar-refractivity contribution in [3.63, 3.8) is 0 Å². The van der Waals surface area contributed by atoms with Gasteiger partial charge < -0.3 is 10.1 Å².